The van der Waals surface area contributed by atoms with Gasteiger partial charge in [0.25, 0.3) is 0 Å². The lowest BCUT2D eigenvalue weighted by molar-refractivity contribution is 0.493. The van der Waals surface area contributed by atoms with Crippen LogP contribution in [0, 0.1) is 13.8 Å². The first-order chi connectivity index (χ1) is 9.08. The molecule has 0 saturated heterocycles. The van der Waals surface area contributed by atoms with E-state index in [9.17, 15) is 0 Å². The number of hydrogen-bond acceptors (Lipinski definition) is 1. The summed E-state index contributed by atoms with van der Waals surface area (Å²) < 4.78 is 0. The Morgan fingerprint density at radius 3 is 2.26 bits per heavy atom. The van der Waals surface area contributed by atoms with Crippen molar-refractivity contribution in [3.63, 3.8) is 0 Å². The fraction of sp³-hybridized carbons (Fsp3) is 0.333. The molecule has 0 spiro atoms. The maximum Gasteiger partial charge on any atom is 0.0300 e. The molecule has 0 aliphatic rings. The van der Waals surface area contributed by atoms with Crippen LogP contribution in [0.25, 0.3) is 0 Å². The van der Waals surface area contributed by atoms with Crippen molar-refractivity contribution in [1.29, 1.82) is 0 Å². The van der Waals surface area contributed by atoms with Crippen LogP contribution in [0.3, 0.4) is 0 Å². The third-order valence-electron chi connectivity index (χ3n) is 3.70. The molecule has 0 radical (unpaired) electrons. The SMILES string of the molecule is Cc1cccc([C@@H](C)NC(C)c2ccccc2C)c1. The van der Waals surface area contributed by atoms with Crippen LogP contribution in [-0.2, 0) is 0 Å². The fourth-order valence-electron chi connectivity index (χ4n) is 2.57. The summed E-state index contributed by atoms with van der Waals surface area (Å²) in [6.07, 6.45) is 0. The van der Waals surface area contributed by atoms with Crippen molar-refractivity contribution in [2.45, 2.75) is 39.8 Å². The molecule has 2 aromatic rings. The van der Waals surface area contributed by atoms with Gasteiger partial charge in [-0.05, 0) is 44.4 Å². The Balaban J connectivity index is 2.11. The summed E-state index contributed by atoms with van der Waals surface area (Å²) in [6.45, 7) is 8.77. The van der Waals surface area contributed by atoms with Crippen molar-refractivity contribution in [3.05, 3.63) is 70.8 Å². The summed E-state index contributed by atoms with van der Waals surface area (Å²) >= 11 is 0. The highest BCUT2D eigenvalue weighted by molar-refractivity contribution is 5.29. The molecule has 1 heteroatoms. The van der Waals surface area contributed by atoms with Gasteiger partial charge in [0.1, 0.15) is 0 Å². The van der Waals surface area contributed by atoms with E-state index in [1.807, 2.05) is 0 Å². The highest BCUT2D eigenvalue weighted by atomic mass is 14.9. The Bertz CT molecular complexity index is 545. The van der Waals surface area contributed by atoms with Gasteiger partial charge in [0, 0.05) is 12.1 Å². The highest BCUT2D eigenvalue weighted by Crippen LogP contribution is 2.22. The molecule has 0 aliphatic heterocycles. The average molecular weight is 253 g/mol. The van der Waals surface area contributed by atoms with Crippen molar-refractivity contribution in [2.75, 3.05) is 0 Å². The van der Waals surface area contributed by atoms with Crippen LogP contribution in [-0.4, -0.2) is 0 Å². The lowest BCUT2D eigenvalue weighted by Gasteiger charge is -2.22. The molecule has 0 bridgehead atoms. The van der Waals surface area contributed by atoms with Crippen LogP contribution >= 0.6 is 0 Å². The molecule has 0 heterocycles. The van der Waals surface area contributed by atoms with Gasteiger partial charge < -0.3 is 5.32 Å². The summed E-state index contributed by atoms with van der Waals surface area (Å²) in [5, 5.41) is 3.68. The molecular formula is C18H23N. The van der Waals surface area contributed by atoms with E-state index in [0.29, 0.717) is 12.1 Å². The van der Waals surface area contributed by atoms with Crippen LogP contribution in [0.2, 0.25) is 0 Å². The zero-order valence-corrected chi connectivity index (χ0v) is 12.3. The maximum atomic E-state index is 3.68. The molecule has 2 atom stereocenters. The minimum Gasteiger partial charge on any atom is -0.304 e. The van der Waals surface area contributed by atoms with Crippen molar-refractivity contribution in [1.82, 2.24) is 5.32 Å². The smallest absolute Gasteiger partial charge is 0.0300 e. The maximum absolute atomic E-state index is 3.68. The molecule has 1 unspecified atom stereocenters. The zero-order valence-electron chi connectivity index (χ0n) is 12.3. The van der Waals surface area contributed by atoms with E-state index >= 15 is 0 Å². The second-order valence-electron chi connectivity index (χ2n) is 5.38. The minimum absolute atomic E-state index is 0.356. The van der Waals surface area contributed by atoms with Crippen molar-refractivity contribution in [2.24, 2.45) is 0 Å². The second-order valence-corrected chi connectivity index (χ2v) is 5.38. The summed E-state index contributed by atoms with van der Waals surface area (Å²) in [6, 6.07) is 18.0. The molecule has 2 rings (SSSR count). The third-order valence-corrected chi connectivity index (χ3v) is 3.70. The lowest BCUT2D eigenvalue weighted by atomic mass is 10.00. The van der Waals surface area contributed by atoms with E-state index in [-0.39, 0.29) is 0 Å². The molecule has 0 aliphatic carbocycles. The molecule has 100 valence electrons. The van der Waals surface area contributed by atoms with Gasteiger partial charge in [0.2, 0.25) is 0 Å². The van der Waals surface area contributed by atoms with Crippen LogP contribution in [0.1, 0.15) is 48.2 Å². The van der Waals surface area contributed by atoms with Crippen LogP contribution in [0.15, 0.2) is 48.5 Å². The predicted molar refractivity (Wildman–Crippen MR) is 82.3 cm³/mol. The van der Waals surface area contributed by atoms with E-state index in [0.717, 1.165) is 0 Å². The van der Waals surface area contributed by atoms with Gasteiger partial charge in [-0.25, -0.2) is 0 Å². The number of rotatable bonds is 4. The molecule has 0 aromatic heterocycles. The van der Waals surface area contributed by atoms with Crippen molar-refractivity contribution in [3.8, 4) is 0 Å². The van der Waals surface area contributed by atoms with Crippen LogP contribution < -0.4 is 5.32 Å². The summed E-state index contributed by atoms with van der Waals surface area (Å²) in [5.41, 5.74) is 5.39. The Hall–Kier alpha value is -1.60. The molecular weight excluding hydrogens is 230 g/mol. The molecule has 19 heavy (non-hydrogen) atoms. The summed E-state index contributed by atoms with van der Waals surface area (Å²) in [5.74, 6) is 0. The quantitative estimate of drug-likeness (QED) is 0.831. The predicted octanol–water partition coefficient (Wildman–Crippen LogP) is 4.72. The number of nitrogens with one attached hydrogen (secondary N) is 1. The number of aryl methyl sites for hydroxylation is 2. The van der Waals surface area contributed by atoms with Gasteiger partial charge in [0.15, 0.2) is 0 Å². The normalized spacial score (nSPS) is 14.1. The fourth-order valence-corrected chi connectivity index (χ4v) is 2.57. The van der Waals surface area contributed by atoms with Gasteiger partial charge in [-0.15, -0.1) is 0 Å². The average Bonchev–Trinajstić information content (AvgIpc) is 2.39. The largest absolute Gasteiger partial charge is 0.304 e. The van der Waals surface area contributed by atoms with Gasteiger partial charge in [-0.3, -0.25) is 0 Å². The van der Waals surface area contributed by atoms with Gasteiger partial charge in [-0.2, -0.15) is 0 Å². The van der Waals surface area contributed by atoms with Gasteiger partial charge in [-0.1, -0.05) is 54.1 Å². The first-order valence-corrected chi connectivity index (χ1v) is 6.96. The summed E-state index contributed by atoms with van der Waals surface area (Å²) in [7, 11) is 0. The Morgan fingerprint density at radius 1 is 0.842 bits per heavy atom. The van der Waals surface area contributed by atoms with E-state index in [2.05, 4.69) is 81.5 Å². The highest BCUT2D eigenvalue weighted by Gasteiger charge is 2.12. The first kappa shape index (κ1) is 13.8. The first-order valence-electron chi connectivity index (χ1n) is 6.96. The molecule has 0 fully saturated rings. The van der Waals surface area contributed by atoms with Crippen LogP contribution in [0.4, 0.5) is 0 Å². The third kappa shape index (κ3) is 3.45. The van der Waals surface area contributed by atoms with Gasteiger partial charge >= 0.3 is 0 Å². The standard InChI is InChI=1S/C18H23N/c1-13-8-7-10-17(12-13)15(3)19-16(4)18-11-6-5-9-14(18)2/h5-12,15-16,19H,1-4H3/t15-,16?/m1/s1. The summed E-state index contributed by atoms with van der Waals surface area (Å²) in [4.78, 5) is 0. The Labute approximate surface area is 116 Å². The van der Waals surface area contributed by atoms with Crippen molar-refractivity contribution >= 4 is 0 Å². The molecule has 1 N–H and O–H groups in total. The van der Waals surface area contributed by atoms with E-state index in [1.54, 1.807) is 0 Å². The molecule has 2 aromatic carbocycles. The molecule has 1 nitrogen and oxygen atoms in total. The number of benzene rings is 2. The Kier molecular flexibility index (Phi) is 4.39. The Morgan fingerprint density at radius 2 is 1.58 bits per heavy atom. The van der Waals surface area contributed by atoms with E-state index < -0.39 is 0 Å². The monoisotopic (exact) mass is 253 g/mol. The topological polar surface area (TPSA) is 12.0 Å². The second kappa shape index (κ2) is 6.03. The number of hydrogen-bond donors (Lipinski definition) is 1. The lowest BCUT2D eigenvalue weighted by Crippen LogP contribution is -2.23. The minimum atomic E-state index is 0.356. The van der Waals surface area contributed by atoms with Crippen LogP contribution in [0.5, 0.6) is 0 Å². The van der Waals surface area contributed by atoms with E-state index in [4.69, 9.17) is 0 Å². The van der Waals surface area contributed by atoms with E-state index in [1.165, 1.54) is 22.3 Å². The van der Waals surface area contributed by atoms with Crippen molar-refractivity contribution < 1.29 is 0 Å². The molecule has 0 saturated carbocycles. The van der Waals surface area contributed by atoms with Gasteiger partial charge in [0.05, 0.1) is 0 Å². The molecule has 0 amide bonds. The zero-order chi connectivity index (χ0) is 13.8.